The van der Waals surface area contributed by atoms with Crippen molar-refractivity contribution in [3.05, 3.63) is 53.3 Å². The predicted molar refractivity (Wildman–Crippen MR) is 77.9 cm³/mol. The van der Waals surface area contributed by atoms with E-state index in [2.05, 4.69) is 15.0 Å². The normalized spacial score (nSPS) is 21.0. The Morgan fingerprint density at radius 1 is 1.13 bits per heavy atom. The lowest BCUT2D eigenvalue weighted by Gasteiger charge is -2.22. The summed E-state index contributed by atoms with van der Waals surface area (Å²) >= 11 is 6.00. The van der Waals surface area contributed by atoms with Gasteiger partial charge in [0.05, 0.1) is 12.1 Å². The van der Waals surface area contributed by atoms with Crippen LogP contribution in [0.15, 0.2) is 47.8 Å². The Bertz CT molecular complexity index is 762. The minimum absolute atomic E-state index is 0.0219. The van der Waals surface area contributed by atoms with Crippen LogP contribution >= 0.6 is 11.6 Å². The zero-order chi connectivity index (χ0) is 16.7. The highest BCUT2D eigenvalue weighted by atomic mass is 35.5. The van der Waals surface area contributed by atoms with Crippen LogP contribution in [-0.4, -0.2) is 27.8 Å². The summed E-state index contributed by atoms with van der Waals surface area (Å²) < 4.78 is 38.1. The molecule has 1 unspecified atom stereocenters. The molecule has 1 N–H and O–H groups in total. The summed E-state index contributed by atoms with van der Waals surface area (Å²) in [5.41, 5.74) is 1.91. The average Bonchev–Trinajstić information content (AvgIpc) is 2.92. The highest BCUT2D eigenvalue weighted by molar-refractivity contribution is 6.32. The van der Waals surface area contributed by atoms with Crippen LogP contribution in [0.3, 0.4) is 0 Å². The molecule has 8 heteroatoms. The first-order valence-corrected chi connectivity index (χ1v) is 6.93. The molecule has 3 rings (SSSR count). The van der Waals surface area contributed by atoms with Gasteiger partial charge in [-0.15, -0.1) is 0 Å². The smallest absolute Gasteiger partial charge is 0.350 e. The first-order valence-electron chi connectivity index (χ1n) is 6.56. The number of rotatable bonds is 2. The Hall–Kier alpha value is -2.12. The third kappa shape index (κ3) is 2.89. The second-order valence-corrected chi connectivity index (χ2v) is 5.37. The number of oxime groups is 1. The second-order valence-electron chi connectivity index (χ2n) is 5.01. The van der Waals surface area contributed by atoms with Crippen molar-refractivity contribution in [1.82, 2.24) is 4.98 Å². The summed E-state index contributed by atoms with van der Waals surface area (Å²) in [5.74, 6) is -3.27. The van der Waals surface area contributed by atoms with Gasteiger partial charge < -0.3 is 9.94 Å². The molecule has 0 radical (unpaired) electrons. The van der Waals surface area contributed by atoms with Gasteiger partial charge in [-0.3, -0.25) is 0 Å². The predicted octanol–water partition coefficient (Wildman–Crippen LogP) is 3.78. The van der Waals surface area contributed by atoms with Crippen molar-refractivity contribution in [3.8, 4) is 11.1 Å². The summed E-state index contributed by atoms with van der Waals surface area (Å²) in [6, 6.07) is 10.1. The van der Waals surface area contributed by atoms with E-state index in [-0.39, 0.29) is 5.71 Å². The highest BCUT2D eigenvalue weighted by Crippen LogP contribution is 2.39. The molecular weight excluding hydrogens is 333 g/mol. The van der Waals surface area contributed by atoms with Gasteiger partial charge in [0, 0.05) is 11.8 Å². The third-order valence-corrected chi connectivity index (χ3v) is 3.75. The van der Waals surface area contributed by atoms with Gasteiger partial charge in [-0.2, -0.15) is 13.2 Å². The number of hydrogen-bond donors (Lipinski definition) is 1. The molecule has 0 fully saturated rings. The molecule has 1 aliphatic rings. The van der Waals surface area contributed by atoms with Crippen molar-refractivity contribution in [2.75, 3.05) is 0 Å². The van der Waals surface area contributed by atoms with Crippen LogP contribution in [0.2, 0.25) is 5.15 Å². The number of aromatic nitrogens is 1. The van der Waals surface area contributed by atoms with Crippen LogP contribution in [0.4, 0.5) is 13.2 Å². The standard InChI is InChI=1S/C15H10ClF3N2O2/c16-13-11(2-1-7-20-13)9-3-5-10(6-4-9)12-8-14(22,23-21-12)15(17,18)19/h1-7,22H,8H2. The molecule has 0 bridgehead atoms. The minimum atomic E-state index is -4.92. The summed E-state index contributed by atoms with van der Waals surface area (Å²) in [5, 5.41) is 13.1. The van der Waals surface area contributed by atoms with E-state index in [9.17, 15) is 18.3 Å². The van der Waals surface area contributed by atoms with Crippen molar-refractivity contribution >= 4 is 17.3 Å². The lowest BCUT2D eigenvalue weighted by atomic mass is 9.99. The zero-order valence-electron chi connectivity index (χ0n) is 11.5. The molecule has 0 saturated carbocycles. The van der Waals surface area contributed by atoms with Gasteiger partial charge in [0.2, 0.25) is 0 Å². The molecule has 1 aromatic heterocycles. The molecule has 0 spiro atoms. The van der Waals surface area contributed by atoms with E-state index in [1.807, 2.05) is 0 Å². The Morgan fingerprint density at radius 2 is 1.78 bits per heavy atom. The SMILES string of the molecule is OC1(C(F)(F)F)CC(c2ccc(-c3cccnc3Cl)cc2)=NO1. The summed E-state index contributed by atoms with van der Waals surface area (Å²) in [6.07, 6.45) is -4.12. The van der Waals surface area contributed by atoms with Crippen molar-refractivity contribution in [2.24, 2.45) is 5.16 Å². The van der Waals surface area contributed by atoms with E-state index in [0.29, 0.717) is 16.3 Å². The van der Waals surface area contributed by atoms with Gasteiger partial charge in [0.15, 0.2) is 0 Å². The number of benzene rings is 1. The molecule has 1 atom stereocenters. The third-order valence-electron chi connectivity index (χ3n) is 3.45. The monoisotopic (exact) mass is 342 g/mol. The fourth-order valence-corrected chi connectivity index (χ4v) is 2.40. The van der Waals surface area contributed by atoms with Crippen LogP contribution in [0.1, 0.15) is 12.0 Å². The molecule has 120 valence electrons. The molecule has 0 amide bonds. The number of nitrogens with zero attached hydrogens (tertiary/aromatic N) is 2. The number of aliphatic hydroxyl groups is 1. The van der Waals surface area contributed by atoms with Gasteiger partial charge in [-0.05, 0) is 23.3 Å². The minimum Gasteiger partial charge on any atom is -0.350 e. The fraction of sp³-hybridized carbons (Fsp3) is 0.200. The Morgan fingerprint density at radius 3 is 2.35 bits per heavy atom. The highest BCUT2D eigenvalue weighted by Gasteiger charge is 2.60. The van der Waals surface area contributed by atoms with Crippen molar-refractivity contribution in [1.29, 1.82) is 0 Å². The summed E-state index contributed by atoms with van der Waals surface area (Å²) in [6.45, 7) is 0. The van der Waals surface area contributed by atoms with Crippen LogP contribution < -0.4 is 0 Å². The van der Waals surface area contributed by atoms with E-state index < -0.39 is 18.4 Å². The lowest BCUT2D eigenvalue weighted by Crippen LogP contribution is -2.45. The number of halogens is 4. The maximum Gasteiger partial charge on any atom is 0.458 e. The topological polar surface area (TPSA) is 54.7 Å². The Kier molecular flexibility index (Phi) is 3.77. The fourth-order valence-electron chi connectivity index (χ4n) is 2.17. The molecule has 0 saturated heterocycles. The molecular formula is C15H10ClF3N2O2. The first-order chi connectivity index (χ1) is 10.8. The van der Waals surface area contributed by atoms with Crippen LogP contribution in [0.5, 0.6) is 0 Å². The average molecular weight is 343 g/mol. The van der Waals surface area contributed by atoms with E-state index in [1.54, 1.807) is 42.6 Å². The quantitative estimate of drug-likeness (QED) is 0.845. The second kappa shape index (κ2) is 5.50. The largest absolute Gasteiger partial charge is 0.458 e. The maximum atomic E-state index is 12.7. The molecule has 1 aliphatic heterocycles. The van der Waals surface area contributed by atoms with E-state index in [0.717, 1.165) is 5.56 Å². The summed E-state index contributed by atoms with van der Waals surface area (Å²) in [4.78, 5) is 8.16. The Balaban J connectivity index is 1.83. The first kappa shape index (κ1) is 15.8. The zero-order valence-corrected chi connectivity index (χ0v) is 12.3. The molecule has 1 aromatic carbocycles. The summed E-state index contributed by atoms with van der Waals surface area (Å²) in [7, 11) is 0. The van der Waals surface area contributed by atoms with Crippen molar-refractivity contribution in [3.63, 3.8) is 0 Å². The molecule has 4 nitrogen and oxygen atoms in total. The van der Waals surface area contributed by atoms with Gasteiger partial charge in [-0.25, -0.2) is 4.98 Å². The molecule has 23 heavy (non-hydrogen) atoms. The van der Waals surface area contributed by atoms with E-state index in [4.69, 9.17) is 11.6 Å². The molecule has 2 heterocycles. The number of hydrogen-bond acceptors (Lipinski definition) is 4. The van der Waals surface area contributed by atoms with Crippen LogP contribution in [-0.2, 0) is 4.84 Å². The van der Waals surface area contributed by atoms with Gasteiger partial charge in [-0.1, -0.05) is 41.0 Å². The molecule has 2 aromatic rings. The number of pyridine rings is 1. The van der Waals surface area contributed by atoms with Crippen molar-refractivity contribution in [2.45, 2.75) is 18.4 Å². The van der Waals surface area contributed by atoms with Crippen LogP contribution in [0, 0.1) is 0 Å². The Labute approximate surface area is 134 Å². The molecule has 0 aliphatic carbocycles. The van der Waals surface area contributed by atoms with Gasteiger partial charge in [0.25, 0.3) is 0 Å². The van der Waals surface area contributed by atoms with Gasteiger partial charge in [0.1, 0.15) is 5.15 Å². The van der Waals surface area contributed by atoms with Gasteiger partial charge >= 0.3 is 12.0 Å². The maximum absolute atomic E-state index is 12.7. The van der Waals surface area contributed by atoms with E-state index >= 15 is 0 Å². The van der Waals surface area contributed by atoms with Crippen LogP contribution in [0.25, 0.3) is 11.1 Å². The van der Waals surface area contributed by atoms with Crippen molar-refractivity contribution < 1.29 is 23.1 Å². The lowest BCUT2D eigenvalue weighted by molar-refractivity contribution is -0.355. The number of alkyl halides is 3. The van der Waals surface area contributed by atoms with E-state index in [1.165, 1.54) is 0 Å².